The Morgan fingerprint density at radius 3 is 2.34 bits per heavy atom. The summed E-state index contributed by atoms with van der Waals surface area (Å²) in [5.41, 5.74) is 3.55. The van der Waals surface area contributed by atoms with Gasteiger partial charge in [-0.25, -0.2) is 8.42 Å². The molecule has 1 aromatic heterocycles. The van der Waals surface area contributed by atoms with E-state index in [-0.39, 0.29) is 5.75 Å². The van der Waals surface area contributed by atoms with Crippen molar-refractivity contribution in [3.63, 3.8) is 0 Å². The van der Waals surface area contributed by atoms with Crippen molar-refractivity contribution in [1.82, 2.24) is 14.8 Å². The highest BCUT2D eigenvalue weighted by atomic mass is 32.2. The highest BCUT2D eigenvalue weighted by molar-refractivity contribution is 7.91. The largest absolute Gasteiger partial charge is 0.361 e. The van der Waals surface area contributed by atoms with Crippen LogP contribution in [-0.4, -0.2) is 62.2 Å². The average molecular weight is 454 g/mol. The molecule has 1 aliphatic heterocycles. The van der Waals surface area contributed by atoms with Crippen LogP contribution in [0, 0.1) is 0 Å². The van der Waals surface area contributed by atoms with Crippen LogP contribution in [0.5, 0.6) is 0 Å². The predicted octanol–water partition coefficient (Wildman–Crippen LogP) is 4.69. The molecule has 32 heavy (non-hydrogen) atoms. The second-order valence-corrected chi connectivity index (χ2v) is 10.8. The zero-order chi connectivity index (χ0) is 23.1. The number of nitrogens with zero attached hydrogens (tertiary/aromatic N) is 2. The van der Waals surface area contributed by atoms with Gasteiger partial charge in [-0.15, -0.1) is 6.58 Å². The molecule has 0 amide bonds. The lowest BCUT2D eigenvalue weighted by Crippen LogP contribution is -2.43. The maximum Gasteiger partial charge on any atom is 0.181 e. The molecule has 2 aromatic carbocycles. The molecule has 2 heterocycles. The van der Waals surface area contributed by atoms with Crippen LogP contribution < -0.4 is 0 Å². The minimum absolute atomic E-state index is 0.0310. The van der Waals surface area contributed by atoms with E-state index in [1.165, 1.54) is 11.6 Å². The van der Waals surface area contributed by atoms with E-state index >= 15 is 0 Å². The van der Waals surface area contributed by atoms with Gasteiger partial charge in [0.05, 0.1) is 10.6 Å². The van der Waals surface area contributed by atoms with E-state index in [1.807, 2.05) is 18.3 Å². The summed E-state index contributed by atoms with van der Waals surface area (Å²) in [7, 11) is -1.15. The maximum atomic E-state index is 12.2. The van der Waals surface area contributed by atoms with Crippen LogP contribution in [0.4, 0.5) is 0 Å². The quantitative estimate of drug-likeness (QED) is 0.551. The molecular formula is C26H35N3O2S. The maximum absolute atomic E-state index is 12.2. The third-order valence-electron chi connectivity index (χ3n) is 5.89. The Bertz CT molecular complexity index is 1110. The molecule has 6 heteroatoms. The van der Waals surface area contributed by atoms with Crippen molar-refractivity contribution < 1.29 is 8.42 Å². The third-order valence-corrected chi connectivity index (χ3v) is 7.54. The fraction of sp³-hybridized carbons (Fsp3) is 0.385. The van der Waals surface area contributed by atoms with E-state index in [0.29, 0.717) is 10.8 Å². The topological polar surface area (TPSA) is 56.4 Å². The molecule has 0 saturated carbocycles. The average Bonchev–Trinajstić information content (AvgIpc) is 3.18. The molecule has 0 spiro atoms. The van der Waals surface area contributed by atoms with Crippen LogP contribution in [0.15, 0.2) is 72.3 Å². The van der Waals surface area contributed by atoms with Crippen molar-refractivity contribution >= 4 is 20.7 Å². The van der Waals surface area contributed by atoms with Crippen LogP contribution in [0.2, 0.25) is 0 Å². The van der Waals surface area contributed by atoms with Gasteiger partial charge >= 0.3 is 0 Å². The monoisotopic (exact) mass is 453 g/mol. The summed E-state index contributed by atoms with van der Waals surface area (Å²) >= 11 is 0. The number of H-pyrrole nitrogens is 1. The van der Waals surface area contributed by atoms with Gasteiger partial charge in [-0.05, 0) is 42.3 Å². The van der Waals surface area contributed by atoms with Gasteiger partial charge in [0.25, 0.3) is 0 Å². The third kappa shape index (κ3) is 6.31. The van der Waals surface area contributed by atoms with Crippen molar-refractivity contribution in [3.8, 4) is 0 Å². The van der Waals surface area contributed by atoms with E-state index in [2.05, 4.69) is 66.5 Å². The minimum atomic E-state index is -3.29. The van der Waals surface area contributed by atoms with E-state index in [0.717, 1.165) is 49.2 Å². The van der Waals surface area contributed by atoms with Gasteiger partial charge in [-0.1, -0.05) is 50.3 Å². The Morgan fingerprint density at radius 2 is 1.75 bits per heavy atom. The standard InChI is InChI=1S/C17H23N3O2S.C9H12/c1-3-10-23(21,22)15-4-5-17-16(11-15)14(12-18-17)13-20-8-6-19(2)7-9-20;1-8(2)9-6-4-3-5-7-9/h3-5,11-12,18H,1,6-10,13H2,2H3;3-8H,1-2H3. The van der Waals surface area contributed by atoms with E-state index in [4.69, 9.17) is 0 Å². The number of piperazine rings is 1. The summed E-state index contributed by atoms with van der Waals surface area (Å²) in [5.74, 6) is 0.627. The Balaban J connectivity index is 0.000000269. The second kappa shape index (κ2) is 10.9. The number of benzene rings is 2. The Labute approximate surface area is 192 Å². The number of hydrogen-bond acceptors (Lipinski definition) is 4. The van der Waals surface area contributed by atoms with Gasteiger partial charge in [0.1, 0.15) is 0 Å². The number of likely N-dealkylation sites (N-methyl/N-ethyl adjacent to an activating group) is 1. The van der Waals surface area contributed by atoms with Crippen molar-refractivity contribution in [3.05, 3.63) is 78.5 Å². The molecule has 0 bridgehead atoms. The fourth-order valence-corrected chi connectivity index (χ4v) is 4.89. The molecule has 1 fully saturated rings. The zero-order valence-corrected chi connectivity index (χ0v) is 20.2. The Morgan fingerprint density at radius 1 is 1.06 bits per heavy atom. The molecule has 1 N–H and O–H groups in total. The predicted molar refractivity (Wildman–Crippen MR) is 134 cm³/mol. The highest BCUT2D eigenvalue weighted by Gasteiger charge is 2.18. The molecule has 5 nitrogen and oxygen atoms in total. The van der Waals surface area contributed by atoms with Gasteiger partial charge in [0.2, 0.25) is 0 Å². The fourth-order valence-electron chi connectivity index (χ4n) is 3.82. The smallest absolute Gasteiger partial charge is 0.181 e. The zero-order valence-electron chi connectivity index (χ0n) is 19.4. The van der Waals surface area contributed by atoms with Crippen molar-refractivity contribution in [2.75, 3.05) is 39.0 Å². The Kier molecular flexibility index (Phi) is 8.29. The molecule has 0 atom stereocenters. The second-order valence-electron chi connectivity index (χ2n) is 8.74. The van der Waals surface area contributed by atoms with Gasteiger partial charge in [0.15, 0.2) is 9.84 Å². The number of aromatic amines is 1. The molecule has 172 valence electrons. The van der Waals surface area contributed by atoms with Crippen LogP contribution in [0.1, 0.15) is 30.9 Å². The first kappa shape index (κ1) is 24.2. The SMILES string of the molecule is C=CCS(=O)(=O)c1ccc2[nH]cc(CN3CCN(C)CC3)c2c1.CC(C)c1ccccc1. The number of aromatic nitrogens is 1. The first-order chi connectivity index (χ1) is 15.3. The van der Waals surface area contributed by atoms with Crippen LogP contribution >= 0.6 is 0 Å². The lowest BCUT2D eigenvalue weighted by molar-refractivity contribution is 0.148. The van der Waals surface area contributed by atoms with Gasteiger partial charge in [-0.3, -0.25) is 4.90 Å². The summed E-state index contributed by atoms with van der Waals surface area (Å²) in [5, 5.41) is 0.995. The number of hydrogen-bond donors (Lipinski definition) is 1. The van der Waals surface area contributed by atoms with E-state index < -0.39 is 9.84 Å². The molecule has 4 rings (SSSR count). The van der Waals surface area contributed by atoms with E-state index in [1.54, 1.807) is 12.1 Å². The summed E-state index contributed by atoms with van der Waals surface area (Å²) in [6.07, 6.45) is 3.43. The summed E-state index contributed by atoms with van der Waals surface area (Å²) in [4.78, 5) is 8.35. The number of rotatable bonds is 6. The first-order valence-electron chi connectivity index (χ1n) is 11.2. The highest BCUT2D eigenvalue weighted by Crippen LogP contribution is 2.24. The lowest BCUT2D eigenvalue weighted by atomic mass is 10.0. The normalized spacial score (nSPS) is 15.5. The van der Waals surface area contributed by atoms with Gasteiger partial charge in [0, 0.05) is 49.8 Å². The van der Waals surface area contributed by atoms with Gasteiger partial charge in [-0.2, -0.15) is 0 Å². The molecule has 0 aliphatic carbocycles. The molecule has 3 aromatic rings. The molecule has 0 unspecified atom stereocenters. The Hall–Kier alpha value is -2.41. The van der Waals surface area contributed by atoms with Crippen LogP contribution in [0.25, 0.3) is 10.9 Å². The van der Waals surface area contributed by atoms with Crippen LogP contribution in [-0.2, 0) is 16.4 Å². The summed E-state index contributed by atoms with van der Waals surface area (Å²) in [6, 6.07) is 15.8. The molecule has 1 saturated heterocycles. The first-order valence-corrected chi connectivity index (χ1v) is 12.8. The number of nitrogens with one attached hydrogen (secondary N) is 1. The van der Waals surface area contributed by atoms with Crippen molar-refractivity contribution in [1.29, 1.82) is 0 Å². The molecule has 0 radical (unpaired) electrons. The van der Waals surface area contributed by atoms with Crippen molar-refractivity contribution in [2.24, 2.45) is 0 Å². The lowest BCUT2D eigenvalue weighted by Gasteiger charge is -2.32. The summed E-state index contributed by atoms with van der Waals surface area (Å²) < 4.78 is 24.5. The van der Waals surface area contributed by atoms with Crippen LogP contribution in [0.3, 0.4) is 0 Å². The minimum Gasteiger partial charge on any atom is -0.361 e. The molecular weight excluding hydrogens is 418 g/mol. The number of sulfone groups is 1. The number of fused-ring (bicyclic) bond motifs is 1. The van der Waals surface area contributed by atoms with Crippen molar-refractivity contribution in [2.45, 2.75) is 31.2 Å². The van der Waals surface area contributed by atoms with Gasteiger partial charge < -0.3 is 9.88 Å². The summed E-state index contributed by atoms with van der Waals surface area (Å²) in [6.45, 7) is 13.0. The molecule has 1 aliphatic rings. The van der Waals surface area contributed by atoms with E-state index in [9.17, 15) is 8.42 Å².